The number of allylic oxidation sites excluding steroid dienone is 3. The summed E-state index contributed by atoms with van der Waals surface area (Å²) in [5.74, 6) is 0.139. The number of rotatable bonds is 3. The van der Waals surface area contributed by atoms with Gasteiger partial charge in [-0.25, -0.2) is 0 Å². The second-order valence-corrected chi connectivity index (χ2v) is 14.2. The largest absolute Gasteiger partial charge is 0.0748 e. The zero-order valence-electron chi connectivity index (χ0n) is 26.2. The van der Waals surface area contributed by atoms with Crippen molar-refractivity contribution in [2.45, 2.75) is 47.5 Å². The Bertz CT molecular complexity index is 1820. The third kappa shape index (κ3) is 4.70. The van der Waals surface area contributed by atoms with Crippen molar-refractivity contribution in [1.82, 2.24) is 0 Å². The van der Waals surface area contributed by atoms with Crippen LogP contribution in [0.5, 0.6) is 0 Å². The molecule has 0 fully saturated rings. The number of benzene rings is 5. The summed E-state index contributed by atoms with van der Waals surface area (Å²) in [6, 6.07) is 45.4. The van der Waals surface area contributed by atoms with Crippen LogP contribution in [-0.2, 0) is 0 Å². The zero-order chi connectivity index (χ0) is 29.9. The summed E-state index contributed by atoms with van der Waals surface area (Å²) in [5.41, 5.74) is 17.6. The summed E-state index contributed by atoms with van der Waals surface area (Å²) in [5, 5.41) is 0. The highest BCUT2D eigenvalue weighted by molar-refractivity contribution is 6.12. The van der Waals surface area contributed by atoms with Crippen LogP contribution in [0.2, 0.25) is 0 Å². The summed E-state index contributed by atoms with van der Waals surface area (Å²) >= 11 is 0. The molecular weight excluding hydrogens is 516 g/mol. The molecule has 0 nitrogen and oxygen atoms in total. The van der Waals surface area contributed by atoms with Gasteiger partial charge in [0, 0.05) is 5.92 Å². The van der Waals surface area contributed by atoms with E-state index in [0.29, 0.717) is 0 Å². The highest BCUT2D eigenvalue weighted by Gasteiger charge is 2.36. The van der Waals surface area contributed by atoms with Gasteiger partial charge in [0.25, 0.3) is 0 Å². The molecule has 43 heavy (non-hydrogen) atoms. The molecule has 212 valence electrons. The van der Waals surface area contributed by atoms with Crippen LogP contribution in [0.25, 0.3) is 39.0 Å². The van der Waals surface area contributed by atoms with Crippen LogP contribution in [0.4, 0.5) is 0 Å². The van der Waals surface area contributed by atoms with Gasteiger partial charge >= 0.3 is 0 Å². The van der Waals surface area contributed by atoms with Crippen molar-refractivity contribution in [3.63, 3.8) is 0 Å². The van der Waals surface area contributed by atoms with Gasteiger partial charge in [0.05, 0.1) is 0 Å². The third-order valence-corrected chi connectivity index (χ3v) is 8.97. The molecule has 5 aromatic rings. The van der Waals surface area contributed by atoms with Gasteiger partial charge in [-0.1, -0.05) is 169 Å². The first-order valence-electron chi connectivity index (χ1n) is 15.6. The van der Waals surface area contributed by atoms with Crippen molar-refractivity contribution in [3.8, 4) is 22.3 Å². The van der Waals surface area contributed by atoms with Crippen molar-refractivity contribution < 1.29 is 0 Å². The van der Waals surface area contributed by atoms with Gasteiger partial charge in [-0.2, -0.15) is 0 Å². The Morgan fingerprint density at radius 3 is 1.30 bits per heavy atom. The smallest absolute Gasteiger partial charge is 0.0364 e. The molecule has 0 N–H and O–H groups in total. The quantitative estimate of drug-likeness (QED) is 0.203. The maximum atomic E-state index is 2.45. The van der Waals surface area contributed by atoms with E-state index in [1.807, 2.05) is 0 Å². The first-order valence-corrected chi connectivity index (χ1v) is 15.6. The minimum Gasteiger partial charge on any atom is -0.0748 e. The fourth-order valence-electron chi connectivity index (χ4n) is 7.22. The summed E-state index contributed by atoms with van der Waals surface area (Å²) in [6.45, 7) is 13.8. The van der Waals surface area contributed by atoms with Crippen molar-refractivity contribution in [1.29, 1.82) is 0 Å². The van der Waals surface area contributed by atoms with Crippen LogP contribution in [0.3, 0.4) is 0 Å². The maximum absolute atomic E-state index is 2.45. The fraction of sp³-hybridized carbons (Fsp3) is 0.209. The standard InChI is InChI=1S/C43H40/c1-42(2,3)27-38(43(4,5)6)28-23-25-29(26-24-28)39(40-34-19-11-7-15-30(34)31-16-8-12-20-35(31)40)41-36-21-13-9-17-32(36)33-18-10-14-22-37(33)41/h7-27,40H,1-6H3/b38-27+. The fourth-order valence-corrected chi connectivity index (χ4v) is 7.22. The van der Waals surface area contributed by atoms with Gasteiger partial charge in [-0.05, 0) is 83.2 Å². The molecule has 0 aromatic heterocycles. The molecule has 0 aliphatic heterocycles. The first-order chi connectivity index (χ1) is 20.6. The lowest BCUT2D eigenvalue weighted by molar-refractivity contribution is 0.517. The molecule has 0 saturated heterocycles. The Labute approximate surface area is 257 Å². The number of hydrogen-bond acceptors (Lipinski definition) is 0. The normalized spacial score (nSPS) is 14.3. The summed E-state index contributed by atoms with van der Waals surface area (Å²) < 4.78 is 0. The second kappa shape index (κ2) is 10.1. The molecule has 2 aliphatic rings. The van der Waals surface area contributed by atoms with Gasteiger partial charge < -0.3 is 0 Å². The van der Waals surface area contributed by atoms with E-state index in [9.17, 15) is 0 Å². The molecule has 0 heterocycles. The van der Waals surface area contributed by atoms with Gasteiger partial charge in [-0.3, -0.25) is 0 Å². The highest BCUT2D eigenvalue weighted by atomic mass is 14.4. The van der Waals surface area contributed by atoms with E-state index >= 15 is 0 Å². The molecule has 0 atom stereocenters. The van der Waals surface area contributed by atoms with Crippen LogP contribution < -0.4 is 0 Å². The van der Waals surface area contributed by atoms with Crippen LogP contribution in [0, 0.1) is 10.8 Å². The summed E-state index contributed by atoms with van der Waals surface area (Å²) in [4.78, 5) is 0. The lowest BCUT2D eigenvalue weighted by Gasteiger charge is -2.28. The maximum Gasteiger partial charge on any atom is 0.0364 e. The SMILES string of the molecule is CC(C)(C)/C=C(\c1ccc(C(=C2c3ccccc3-c3ccccc32)C2c3ccccc3-c3ccccc32)cc1)C(C)(C)C. The van der Waals surface area contributed by atoms with Crippen molar-refractivity contribution in [3.05, 3.63) is 161 Å². The lowest BCUT2D eigenvalue weighted by atomic mass is 9.76. The number of fused-ring (bicyclic) bond motifs is 6. The average molecular weight is 557 g/mol. The van der Waals surface area contributed by atoms with Gasteiger partial charge in [0.2, 0.25) is 0 Å². The molecule has 7 rings (SSSR count). The Kier molecular flexibility index (Phi) is 6.44. The third-order valence-electron chi connectivity index (χ3n) is 8.97. The van der Waals surface area contributed by atoms with E-state index in [2.05, 4.69) is 169 Å². The van der Waals surface area contributed by atoms with Crippen LogP contribution in [0.1, 0.15) is 80.8 Å². The van der Waals surface area contributed by atoms with E-state index in [0.717, 1.165) is 0 Å². The summed E-state index contributed by atoms with van der Waals surface area (Å²) in [6.07, 6.45) is 2.45. The molecule has 0 amide bonds. The van der Waals surface area contributed by atoms with E-state index in [4.69, 9.17) is 0 Å². The molecular formula is C43H40. The first kappa shape index (κ1) is 27.4. The highest BCUT2D eigenvalue weighted by Crippen LogP contribution is 2.56. The molecule has 0 radical (unpaired) electrons. The van der Waals surface area contributed by atoms with Crippen molar-refractivity contribution in [2.24, 2.45) is 10.8 Å². The van der Waals surface area contributed by atoms with E-state index in [1.165, 1.54) is 72.4 Å². The molecule has 5 aromatic carbocycles. The predicted octanol–water partition coefficient (Wildman–Crippen LogP) is 11.9. The predicted molar refractivity (Wildman–Crippen MR) is 185 cm³/mol. The Hall–Kier alpha value is -4.42. The minimum absolute atomic E-state index is 0.0444. The van der Waals surface area contributed by atoms with Crippen LogP contribution in [-0.4, -0.2) is 0 Å². The molecule has 0 bridgehead atoms. The molecule has 2 aliphatic carbocycles. The van der Waals surface area contributed by atoms with Gasteiger partial charge in [0.15, 0.2) is 0 Å². The van der Waals surface area contributed by atoms with Crippen molar-refractivity contribution in [2.75, 3.05) is 0 Å². The lowest BCUT2D eigenvalue weighted by Crippen LogP contribution is -2.12. The van der Waals surface area contributed by atoms with Gasteiger partial charge in [0.1, 0.15) is 0 Å². The summed E-state index contributed by atoms with van der Waals surface area (Å²) in [7, 11) is 0. The molecule has 0 heteroatoms. The minimum atomic E-state index is 0.0444. The van der Waals surface area contributed by atoms with Crippen molar-refractivity contribution >= 4 is 16.7 Å². The van der Waals surface area contributed by atoms with Crippen LogP contribution >= 0.6 is 0 Å². The van der Waals surface area contributed by atoms with Gasteiger partial charge in [-0.15, -0.1) is 0 Å². The topological polar surface area (TPSA) is 0 Å². The Balaban J connectivity index is 1.53. The Morgan fingerprint density at radius 2 is 0.860 bits per heavy atom. The van der Waals surface area contributed by atoms with E-state index in [-0.39, 0.29) is 16.7 Å². The van der Waals surface area contributed by atoms with E-state index in [1.54, 1.807) is 0 Å². The second-order valence-electron chi connectivity index (χ2n) is 14.2. The van der Waals surface area contributed by atoms with E-state index < -0.39 is 0 Å². The molecule has 0 spiro atoms. The molecule has 0 saturated carbocycles. The Morgan fingerprint density at radius 1 is 0.465 bits per heavy atom. The number of hydrogen-bond donors (Lipinski definition) is 0. The van der Waals surface area contributed by atoms with Crippen LogP contribution in [0.15, 0.2) is 127 Å². The molecule has 0 unspecified atom stereocenters. The monoisotopic (exact) mass is 556 g/mol. The average Bonchev–Trinajstić information content (AvgIpc) is 3.50. The zero-order valence-corrected chi connectivity index (χ0v) is 26.2.